The van der Waals surface area contributed by atoms with Crippen molar-refractivity contribution in [2.24, 2.45) is 0 Å². The van der Waals surface area contributed by atoms with Gasteiger partial charge in [0.1, 0.15) is 5.75 Å². The Labute approximate surface area is 95.2 Å². The molecule has 0 radical (unpaired) electrons. The Bertz CT molecular complexity index is 350. The number of nitrogens with one attached hydrogen (secondary N) is 1. The predicted molar refractivity (Wildman–Crippen MR) is 61.1 cm³/mol. The summed E-state index contributed by atoms with van der Waals surface area (Å²) in [4.78, 5) is 11.3. The molecule has 4 nitrogen and oxygen atoms in total. The zero-order chi connectivity index (χ0) is 12.0. The second kappa shape index (κ2) is 6.12. The molecular formula is C12H17NO3. The summed E-state index contributed by atoms with van der Waals surface area (Å²) >= 11 is 0. The van der Waals surface area contributed by atoms with Crippen molar-refractivity contribution in [3.63, 3.8) is 0 Å². The minimum atomic E-state index is -0.164. The maximum absolute atomic E-state index is 11.3. The molecule has 0 aliphatic rings. The molecule has 0 fully saturated rings. The summed E-state index contributed by atoms with van der Waals surface area (Å²) in [6.07, 6.45) is 0. The van der Waals surface area contributed by atoms with Crippen molar-refractivity contribution in [2.75, 3.05) is 6.61 Å². The molecule has 0 bridgehead atoms. The van der Waals surface area contributed by atoms with Crippen LogP contribution in [0, 0.1) is 0 Å². The molecular weight excluding hydrogens is 206 g/mol. The highest BCUT2D eigenvalue weighted by atomic mass is 16.5. The molecule has 88 valence electrons. The molecule has 1 amide bonds. The van der Waals surface area contributed by atoms with Crippen molar-refractivity contribution in [3.8, 4) is 5.75 Å². The van der Waals surface area contributed by atoms with Crippen LogP contribution in [0.4, 0.5) is 0 Å². The lowest BCUT2D eigenvalue weighted by atomic mass is 10.2. The third-order valence-electron chi connectivity index (χ3n) is 1.95. The molecule has 1 aromatic carbocycles. The fraction of sp³-hybridized carbons (Fsp3) is 0.417. The van der Waals surface area contributed by atoms with E-state index >= 15 is 0 Å². The Kier molecular flexibility index (Phi) is 4.79. The molecule has 0 saturated carbocycles. The number of hydrogen-bond donors (Lipinski definition) is 2. The second-order valence-electron chi connectivity index (χ2n) is 3.78. The van der Waals surface area contributed by atoms with Crippen molar-refractivity contribution in [1.82, 2.24) is 5.32 Å². The van der Waals surface area contributed by atoms with E-state index in [0.29, 0.717) is 11.3 Å². The van der Waals surface area contributed by atoms with Crippen LogP contribution in [0.25, 0.3) is 0 Å². The molecule has 0 atom stereocenters. The van der Waals surface area contributed by atoms with Crippen LogP contribution in [0.5, 0.6) is 5.75 Å². The molecule has 0 aliphatic carbocycles. The molecule has 1 aromatic rings. The fourth-order valence-corrected chi connectivity index (χ4v) is 1.28. The maximum atomic E-state index is 11.3. The molecule has 4 heteroatoms. The first-order chi connectivity index (χ1) is 7.63. The largest absolute Gasteiger partial charge is 0.483 e. The molecule has 16 heavy (non-hydrogen) atoms. The Morgan fingerprint density at radius 2 is 2.12 bits per heavy atom. The second-order valence-corrected chi connectivity index (χ2v) is 3.78. The van der Waals surface area contributed by atoms with Gasteiger partial charge in [0, 0.05) is 11.6 Å². The summed E-state index contributed by atoms with van der Waals surface area (Å²) in [5.41, 5.74) is 0.680. The van der Waals surface area contributed by atoms with Gasteiger partial charge in [0.15, 0.2) is 6.61 Å². The Morgan fingerprint density at radius 1 is 1.44 bits per heavy atom. The van der Waals surface area contributed by atoms with Gasteiger partial charge in [-0.05, 0) is 19.9 Å². The van der Waals surface area contributed by atoms with E-state index in [4.69, 9.17) is 9.84 Å². The third kappa shape index (κ3) is 3.90. The summed E-state index contributed by atoms with van der Waals surface area (Å²) in [6, 6.07) is 7.20. The first kappa shape index (κ1) is 12.5. The molecule has 0 spiro atoms. The molecule has 0 unspecified atom stereocenters. The Morgan fingerprint density at radius 3 is 2.75 bits per heavy atom. The van der Waals surface area contributed by atoms with Gasteiger partial charge in [-0.1, -0.05) is 18.2 Å². The van der Waals surface area contributed by atoms with Gasteiger partial charge in [0.2, 0.25) is 0 Å². The number of hydrogen-bond acceptors (Lipinski definition) is 3. The number of aliphatic hydroxyl groups is 1. The number of aliphatic hydroxyl groups excluding tert-OH is 1. The number of amides is 1. The van der Waals surface area contributed by atoms with Gasteiger partial charge in [-0.15, -0.1) is 0 Å². The van der Waals surface area contributed by atoms with Gasteiger partial charge in [-0.25, -0.2) is 0 Å². The number of carbonyl (C=O) groups excluding carboxylic acids is 1. The van der Waals surface area contributed by atoms with Crippen LogP contribution in [-0.2, 0) is 11.4 Å². The topological polar surface area (TPSA) is 58.6 Å². The van der Waals surface area contributed by atoms with Crippen LogP contribution in [0.15, 0.2) is 24.3 Å². The van der Waals surface area contributed by atoms with Crippen LogP contribution in [0.1, 0.15) is 19.4 Å². The quantitative estimate of drug-likeness (QED) is 0.785. The summed E-state index contributed by atoms with van der Waals surface area (Å²) in [6.45, 7) is 3.65. The molecule has 0 aromatic heterocycles. The number of rotatable bonds is 5. The van der Waals surface area contributed by atoms with Gasteiger partial charge in [-0.3, -0.25) is 4.79 Å². The lowest BCUT2D eigenvalue weighted by Gasteiger charge is -2.11. The first-order valence-corrected chi connectivity index (χ1v) is 5.24. The van der Waals surface area contributed by atoms with Crippen LogP contribution < -0.4 is 10.1 Å². The van der Waals surface area contributed by atoms with E-state index in [-0.39, 0.29) is 25.2 Å². The highest BCUT2D eigenvalue weighted by molar-refractivity contribution is 5.77. The monoisotopic (exact) mass is 223 g/mol. The summed E-state index contributed by atoms with van der Waals surface area (Å²) in [5, 5.41) is 11.8. The smallest absolute Gasteiger partial charge is 0.258 e. The predicted octanol–water partition coefficient (Wildman–Crippen LogP) is 1.08. The van der Waals surface area contributed by atoms with E-state index < -0.39 is 0 Å². The van der Waals surface area contributed by atoms with E-state index in [1.165, 1.54) is 0 Å². The normalized spacial score (nSPS) is 10.2. The number of para-hydroxylation sites is 1. The summed E-state index contributed by atoms with van der Waals surface area (Å²) in [5.74, 6) is 0.381. The summed E-state index contributed by atoms with van der Waals surface area (Å²) in [7, 11) is 0. The SMILES string of the molecule is CC(C)NC(=O)COc1ccccc1CO. The van der Waals surface area contributed by atoms with E-state index in [1.807, 2.05) is 19.9 Å². The number of ether oxygens (including phenoxy) is 1. The molecule has 2 N–H and O–H groups in total. The maximum Gasteiger partial charge on any atom is 0.258 e. The van der Waals surface area contributed by atoms with E-state index in [1.54, 1.807) is 18.2 Å². The highest BCUT2D eigenvalue weighted by Gasteiger charge is 2.06. The van der Waals surface area contributed by atoms with Crippen molar-refractivity contribution in [3.05, 3.63) is 29.8 Å². The van der Waals surface area contributed by atoms with Crippen LogP contribution >= 0.6 is 0 Å². The number of benzene rings is 1. The Hall–Kier alpha value is -1.55. The zero-order valence-corrected chi connectivity index (χ0v) is 9.56. The van der Waals surface area contributed by atoms with Gasteiger partial charge in [-0.2, -0.15) is 0 Å². The standard InChI is InChI=1S/C12H17NO3/c1-9(2)13-12(15)8-16-11-6-4-3-5-10(11)7-14/h3-6,9,14H,7-8H2,1-2H3,(H,13,15). The van der Waals surface area contributed by atoms with Gasteiger partial charge < -0.3 is 15.2 Å². The van der Waals surface area contributed by atoms with Gasteiger partial charge >= 0.3 is 0 Å². The van der Waals surface area contributed by atoms with Crippen LogP contribution in [0.2, 0.25) is 0 Å². The van der Waals surface area contributed by atoms with E-state index in [9.17, 15) is 4.79 Å². The fourth-order valence-electron chi connectivity index (χ4n) is 1.28. The zero-order valence-electron chi connectivity index (χ0n) is 9.56. The number of carbonyl (C=O) groups is 1. The van der Waals surface area contributed by atoms with Crippen molar-refractivity contribution in [1.29, 1.82) is 0 Å². The molecule has 0 aliphatic heterocycles. The van der Waals surface area contributed by atoms with Crippen molar-refractivity contribution < 1.29 is 14.6 Å². The lowest BCUT2D eigenvalue weighted by Crippen LogP contribution is -2.34. The lowest BCUT2D eigenvalue weighted by molar-refractivity contribution is -0.123. The first-order valence-electron chi connectivity index (χ1n) is 5.24. The average Bonchev–Trinajstić information content (AvgIpc) is 2.26. The minimum absolute atomic E-state index is 0.0325. The minimum Gasteiger partial charge on any atom is -0.483 e. The van der Waals surface area contributed by atoms with Gasteiger partial charge in [0.25, 0.3) is 5.91 Å². The summed E-state index contributed by atoms with van der Waals surface area (Å²) < 4.78 is 5.32. The molecule has 0 saturated heterocycles. The highest BCUT2D eigenvalue weighted by Crippen LogP contribution is 2.17. The third-order valence-corrected chi connectivity index (χ3v) is 1.95. The molecule has 0 heterocycles. The van der Waals surface area contributed by atoms with E-state index in [2.05, 4.69) is 5.32 Å². The van der Waals surface area contributed by atoms with Crippen LogP contribution in [0.3, 0.4) is 0 Å². The van der Waals surface area contributed by atoms with Gasteiger partial charge in [0.05, 0.1) is 6.61 Å². The average molecular weight is 223 g/mol. The van der Waals surface area contributed by atoms with E-state index in [0.717, 1.165) is 0 Å². The molecule has 1 rings (SSSR count). The van der Waals surface area contributed by atoms with Crippen molar-refractivity contribution >= 4 is 5.91 Å². The van der Waals surface area contributed by atoms with Crippen LogP contribution in [-0.4, -0.2) is 23.7 Å². The van der Waals surface area contributed by atoms with Crippen molar-refractivity contribution in [2.45, 2.75) is 26.5 Å². The Balaban J connectivity index is 2.51.